The molecule has 1 aliphatic rings. The van der Waals surface area contributed by atoms with Crippen LogP contribution in [0.2, 0.25) is 0 Å². The summed E-state index contributed by atoms with van der Waals surface area (Å²) in [7, 11) is 0. The second-order valence-electron chi connectivity index (χ2n) is 4.55. The maximum Gasteiger partial charge on any atom is 0.317 e. The molecule has 2 heterocycles. The first kappa shape index (κ1) is 14.7. The molecule has 0 aliphatic carbocycles. The summed E-state index contributed by atoms with van der Waals surface area (Å²) < 4.78 is 1.88. The number of rotatable bonds is 5. The van der Waals surface area contributed by atoms with Crippen LogP contribution in [0.25, 0.3) is 0 Å². The van der Waals surface area contributed by atoms with Crippen molar-refractivity contribution in [1.82, 2.24) is 19.8 Å². The SMILES string of the molecule is O=C(O)CC1CSCCN1C(=O)NCCn1ccnc1. The molecule has 0 bridgehead atoms. The predicted molar refractivity (Wildman–Crippen MR) is 75.7 cm³/mol. The fourth-order valence-corrected chi connectivity index (χ4v) is 3.17. The normalized spacial score (nSPS) is 18.8. The summed E-state index contributed by atoms with van der Waals surface area (Å²) >= 11 is 1.69. The highest BCUT2D eigenvalue weighted by Crippen LogP contribution is 2.18. The number of urea groups is 1. The molecule has 2 amide bonds. The number of hydrogen-bond acceptors (Lipinski definition) is 4. The van der Waals surface area contributed by atoms with Crippen LogP contribution < -0.4 is 5.32 Å². The number of carboxylic acids is 1. The van der Waals surface area contributed by atoms with Gasteiger partial charge in [-0.25, -0.2) is 9.78 Å². The van der Waals surface area contributed by atoms with E-state index in [0.717, 1.165) is 5.75 Å². The first-order chi connectivity index (χ1) is 9.66. The highest BCUT2D eigenvalue weighted by molar-refractivity contribution is 7.99. The smallest absolute Gasteiger partial charge is 0.317 e. The number of aromatic nitrogens is 2. The lowest BCUT2D eigenvalue weighted by Gasteiger charge is -2.34. The van der Waals surface area contributed by atoms with Crippen LogP contribution in [0.15, 0.2) is 18.7 Å². The van der Waals surface area contributed by atoms with E-state index in [1.165, 1.54) is 0 Å². The van der Waals surface area contributed by atoms with Crippen molar-refractivity contribution in [3.63, 3.8) is 0 Å². The number of imidazole rings is 1. The number of hydrogen-bond donors (Lipinski definition) is 2. The Morgan fingerprint density at radius 3 is 3.05 bits per heavy atom. The lowest BCUT2D eigenvalue weighted by atomic mass is 10.2. The van der Waals surface area contributed by atoms with Gasteiger partial charge in [-0.1, -0.05) is 0 Å². The minimum atomic E-state index is -0.867. The molecule has 0 saturated carbocycles. The summed E-state index contributed by atoms with van der Waals surface area (Å²) in [6, 6.07) is -0.406. The first-order valence-corrected chi connectivity index (χ1v) is 7.62. The van der Waals surface area contributed by atoms with Gasteiger partial charge in [0.2, 0.25) is 0 Å². The maximum absolute atomic E-state index is 12.1. The van der Waals surface area contributed by atoms with Crippen molar-refractivity contribution in [2.75, 3.05) is 24.6 Å². The molecule has 1 fully saturated rings. The van der Waals surface area contributed by atoms with Crippen LogP contribution in [0.3, 0.4) is 0 Å². The van der Waals surface area contributed by atoms with Crippen molar-refractivity contribution in [1.29, 1.82) is 0 Å². The Labute approximate surface area is 121 Å². The molecule has 110 valence electrons. The van der Waals surface area contributed by atoms with Crippen molar-refractivity contribution in [3.05, 3.63) is 18.7 Å². The van der Waals surface area contributed by atoms with Gasteiger partial charge in [-0.2, -0.15) is 11.8 Å². The van der Waals surface area contributed by atoms with E-state index in [1.807, 2.05) is 10.8 Å². The molecule has 0 aromatic carbocycles. The van der Waals surface area contributed by atoms with E-state index in [9.17, 15) is 9.59 Å². The zero-order valence-corrected chi connectivity index (χ0v) is 11.9. The Bertz CT molecular complexity index is 452. The highest BCUT2D eigenvalue weighted by Gasteiger charge is 2.28. The molecule has 1 atom stereocenters. The van der Waals surface area contributed by atoms with E-state index >= 15 is 0 Å². The molecule has 0 radical (unpaired) electrons. The minimum absolute atomic E-state index is 0.00193. The maximum atomic E-state index is 12.1. The lowest BCUT2D eigenvalue weighted by Crippen LogP contribution is -2.51. The number of thioether (sulfide) groups is 1. The Morgan fingerprint density at radius 2 is 2.35 bits per heavy atom. The van der Waals surface area contributed by atoms with Crippen LogP contribution in [0.5, 0.6) is 0 Å². The fraction of sp³-hybridized carbons (Fsp3) is 0.583. The van der Waals surface area contributed by atoms with Crippen LogP contribution in [-0.4, -0.2) is 62.2 Å². The molecule has 8 heteroatoms. The van der Waals surface area contributed by atoms with E-state index in [1.54, 1.807) is 29.2 Å². The Kier molecular flexibility index (Phi) is 5.28. The number of nitrogens with zero attached hydrogens (tertiary/aromatic N) is 3. The monoisotopic (exact) mass is 298 g/mol. The summed E-state index contributed by atoms with van der Waals surface area (Å²) in [5.41, 5.74) is 0. The molecule has 2 N–H and O–H groups in total. The first-order valence-electron chi connectivity index (χ1n) is 6.46. The van der Waals surface area contributed by atoms with Crippen LogP contribution in [0, 0.1) is 0 Å². The molecule has 1 aromatic rings. The van der Waals surface area contributed by atoms with Crippen LogP contribution in [0.4, 0.5) is 4.79 Å². The van der Waals surface area contributed by atoms with Crippen molar-refractivity contribution in [3.8, 4) is 0 Å². The van der Waals surface area contributed by atoms with Gasteiger partial charge in [-0.15, -0.1) is 0 Å². The molecule has 1 aromatic heterocycles. The Balaban J connectivity index is 1.81. The van der Waals surface area contributed by atoms with E-state index in [4.69, 9.17) is 5.11 Å². The third-order valence-corrected chi connectivity index (χ3v) is 4.20. The summed E-state index contributed by atoms with van der Waals surface area (Å²) in [6.07, 6.45) is 5.21. The number of nitrogens with one attached hydrogen (secondary N) is 1. The van der Waals surface area contributed by atoms with Gasteiger partial charge in [-0.3, -0.25) is 4.79 Å². The van der Waals surface area contributed by atoms with Gasteiger partial charge in [0.15, 0.2) is 0 Å². The molecule has 0 spiro atoms. The number of carboxylic acid groups (broad SMARTS) is 1. The number of carbonyl (C=O) groups is 2. The summed E-state index contributed by atoms with van der Waals surface area (Å²) in [4.78, 5) is 28.5. The predicted octanol–water partition coefficient (Wildman–Crippen LogP) is 0.485. The largest absolute Gasteiger partial charge is 0.481 e. The van der Waals surface area contributed by atoms with Crippen LogP contribution in [-0.2, 0) is 11.3 Å². The molecule has 1 unspecified atom stereocenters. The average Bonchev–Trinajstić information content (AvgIpc) is 2.91. The minimum Gasteiger partial charge on any atom is -0.481 e. The Hall–Kier alpha value is -1.70. The second-order valence-corrected chi connectivity index (χ2v) is 5.70. The van der Waals surface area contributed by atoms with Crippen molar-refractivity contribution < 1.29 is 14.7 Å². The third-order valence-electron chi connectivity index (χ3n) is 3.10. The van der Waals surface area contributed by atoms with Gasteiger partial charge in [-0.05, 0) is 0 Å². The van der Waals surface area contributed by atoms with Gasteiger partial charge in [0.05, 0.1) is 18.8 Å². The molecular weight excluding hydrogens is 280 g/mol. The van der Waals surface area contributed by atoms with Gasteiger partial charge in [0.25, 0.3) is 0 Å². The van der Waals surface area contributed by atoms with Crippen LogP contribution >= 0.6 is 11.8 Å². The Morgan fingerprint density at radius 1 is 1.50 bits per heavy atom. The molecule has 7 nitrogen and oxygen atoms in total. The fourth-order valence-electron chi connectivity index (χ4n) is 2.11. The number of aliphatic carboxylic acids is 1. The summed E-state index contributed by atoms with van der Waals surface area (Å²) in [6.45, 7) is 1.75. The van der Waals surface area contributed by atoms with Gasteiger partial charge >= 0.3 is 12.0 Å². The van der Waals surface area contributed by atoms with E-state index in [0.29, 0.717) is 25.4 Å². The number of amides is 2. The van der Waals surface area contributed by atoms with Crippen molar-refractivity contribution in [2.45, 2.75) is 19.0 Å². The molecule has 20 heavy (non-hydrogen) atoms. The zero-order chi connectivity index (χ0) is 14.4. The summed E-state index contributed by atoms with van der Waals surface area (Å²) in [5.74, 6) is 0.667. The van der Waals surface area contributed by atoms with E-state index < -0.39 is 5.97 Å². The quantitative estimate of drug-likeness (QED) is 0.826. The molecule has 1 saturated heterocycles. The second kappa shape index (κ2) is 7.18. The van der Waals surface area contributed by atoms with Gasteiger partial charge in [0, 0.05) is 43.5 Å². The lowest BCUT2D eigenvalue weighted by molar-refractivity contribution is -0.137. The van der Waals surface area contributed by atoms with Gasteiger partial charge in [0.1, 0.15) is 0 Å². The van der Waals surface area contributed by atoms with E-state index in [2.05, 4.69) is 10.3 Å². The van der Waals surface area contributed by atoms with Crippen molar-refractivity contribution in [2.24, 2.45) is 0 Å². The van der Waals surface area contributed by atoms with Crippen LogP contribution in [0.1, 0.15) is 6.42 Å². The standard InChI is InChI=1S/C12H18N4O3S/c17-11(18)7-10-8-20-6-5-16(10)12(19)14-2-4-15-3-1-13-9-15/h1,3,9-10H,2,4-8H2,(H,14,19)(H,17,18). The highest BCUT2D eigenvalue weighted by atomic mass is 32.2. The molecule has 1 aliphatic heterocycles. The molecule has 2 rings (SSSR count). The number of carbonyl (C=O) groups excluding carboxylic acids is 1. The zero-order valence-electron chi connectivity index (χ0n) is 11.1. The van der Waals surface area contributed by atoms with Gasteiger partial charge < -0.3 is 19.9 Å². The third kappa shape index (κ3) is 4.16. The van der Waals surface area contributed by atoms with E-state index in [-0.39, 0.29) is 18.5 Å². The van der Waals surface area contributed by atoms with Crippen molar-refractivity contribution >= 4 is 23.8 Å². The average molecular weight is 298 g/mol. The topological polar surface area (TPSA) is 87.5 Å². The summed E-state index contributed by atoms with van der Waals surface area (Å²) in [5, 5.41) is 11.7. The molecular formula is C12H18N4O3S.